The molecule has 1 aromatic rings. The van der Waals surface area contributed by atoms with E-state index < -0.39 is 6.04 Å². The van der Waals surface area contributed by atoms with Crippen LogP contribution >= 0.6 is 0 Å². The smallest absolute Gasteiger partial charge is 0.244 e. The quantitative estimate of drug-likeness (QED) is 0.362. The highest BCUT2D eigenvalue weighted by Gasteiger charge is 2.17. The Hall–Kier alpha value is -2.21. The van der Waals surface area contributed by atoms with Gasteiger partial charge >= 0.3 is 0 Å². The number of nitrogens with one attached hydrogen (secondary N) is 2. The van der Waals surface area contributed by atoms with Gasteiger partial charge < -0.3 is 20.2 Å². The summed E-state index contributed by atoms with van der Waals surface area (Å²) in [5.41, 5.74) is 0.936. The molecule has 6 nitrogen and oxygen atoms in total. The first-order valence-electron chi connectivity index (χ1n) is 5.80. The topological polar surface area (TPSA) is 84.5 Å². The van der Waals surface area contributed by atoms with Crippen molar-refractivity contribution in [1.29, 1.82) is 0 Å². The number of ether oxygens (including phenoxy) is 1. The molecule has 1 unspecified atom stereocenters. The first kappa shape index (κ1) is 14.8. The van der Waals surface area contributed by atoms with Crippen LogP contribution in [0.2, 0.25) is 0 Å². The molecule has 0 radical (unpaired) electrons. The molecule has 0 spiro atoms. The SMILES string of the molecule is O=CCOCNC(=O)C(Cc1ccccc1)NC=O. The fourth-order valence-corrected chi connectivity index (χ4v) is 1.51. The molecular formula is C13H16N2O4. The van der Waals surface area contributed by atoms with Gasteiger partial charge in [-0.2, -0.15) is 0 Å². The fraction of sp³-hybridized carbons (Fsp3) is 0.308. The lowest BCUT2D eigenvalue weighted by Gasteiger charge is -2.15. The van der Waals surface area contributed by atoms with E-state index in [1.807, 2.05) is 30.3 Å². The van der Waals surface area contributed by atoms with Gasteiger partial charge in [-0.25, -0.2) is 0 Å². The summed E-state index contributed by atoms with van der Waals surface area (Å²) in [5.74, 6) is -0.359. The zero-order valence-corrected chi connectivity index (χ0v) is 10.4. The fourth-order valence-electron chi connectivity index (χ4n) is 1.51. The molecule has 19 heavy (non-hydrogen) atoms. The van der Waals surface area contributed by atoms with E-state index in [4.69, 9.17) is 4.74 Å². The Bertz CT molecular complexity index is 408. The Morgan fingerprint density at radius 3 is 2.63 bits per heavy atom. The summed E-state index contributed by atoms with van der Waals surface area (Å²) < 4.78 is 4.82. The predicted molar refractivity (Wildman–Crippen MR) is 68.2 cm³/mol. The predicted octanol–water partition coefficient (Wildman–Crippen LogP) is -0.367. The van der Waals surface area contributed by atoms with Crippen molar-refractivity contribution in [3.8, 4) is 0 Å². The van der Waals surface area contributed by atoms with E-state index in [0.29, 0.717) is 19.1 Å². The summed E-state index contributed by atoms with van der Waals surface area (Å²) in [4.78, 5) is 32.3. The van der Waals surface area contributed by atoms with Crippen molar-refractivity contribution in [3.63, 3.8) is 0 Å². The molecule has 102 valence electrons. The summed E-state index contributed by atoms with van der Waals surface area (Å²) >= 11 is 0. The molecule has 2 N–H and O–H groups in total. The van der Waals surface area contributed by atoms with E-state index in [1.165, 1.54) is 0 Å². The van der Waals surface area contributed by atoms with Gasteiger partial charge in [0.1, 0.15) is 25.7 Å². The molecule has 1 rings (SSSR count). The van der Waals surface area contributed by atoms with E-state index in [-0.39, 0.29) is 19.2 Å². The zero-order valence-electron chi connectivity index (χ0n) is 10.4. The number of hydrogen-bond donors (Lipinski definition) is 2. The van der Waals surface area contributed by atoms with Crippen LogP contribution in [0.15, 0.2) is 30.3 Å². The van der Waals surface area contributed by atoms with Crippen LogP contribution in [0, 0.1) is 0 Å². The minimum absolute atomic E-state index is 0.0661. The van der Waals surface area contributed by atoms with Crippen molar-refractivity contribution < 1.29 is 19.1 Å². The lowest BCUT2D eigenvalue weighted by atomic mass is 10.1. The zero-order chi connectivity index (χ0) is 13.9. The Labute approximate surface area is 111 Å². The molecule has 0 saturated heterocycles. The minimum Gasteiger partial charge on any atom is -0.354 e. The van der Waals surface area contributed by atoms with Crippen LogP contribution in [0.3, 0.4) is 0 Å². The maximum absolute atomic E-state index is 11.8. The molecule has 1 atom stereocenters. The van der Waals surface area contributed by atoms with Gasteiger partial charge in [0.05, 0.1) is 0 Å². The second-order valence-corrected chi connectivity index (χ2v) is 3.75. The summed E-state index contributed by atoms with van der Waals surface area (Å²) in [6.45, 7) is -0.145. The molecule has 6 heteroatoms. The van der Waals surface area contributed by atoms with Gasteiger partial charge in [-0.1, -0.05) is 30.3 Å². The van der Waals surface area contributed by atoms with E-state index in [1.54, 1.807) is 0 Å². The number of carbonyl (C=O) groups excluding carboxylic acids is 3. The third kappa shape index (κ3) is 5.78. The maximum Gasteiger partial charge on any atom is 0.244 e. The second kappa shape index (κ2) is 8.82. The second-order valence-electron chi connectivity index (χ2n) is 3.75. The van der Waals surface area contributed by atoms with Gasteiger partial charge in [-0.15, -0.1) is 0 Å². The lowest BCUT2D eigenvalue weighted by Crippen LogP contribution is -2.45. The average Bonchev–Trinajstić information content (AvgIpc) is 2.44. The normalized spacial score (nSPS) is 11.4. The molecule has 0 aliphatic rings. The number of rotatable bonds is 9. The minimum atomic E-state index is -0.667. The third-order valence-electron chi connectivity index (χ3n) is 2.40. The van der Waals surface area contributed by atoms with E-state index in [9.17, 15) is 14.4 Å². The van der Waals surface area contributed by atoms with Crippen molar-refractivity contribution in [2.45, 2.75) is 12.5 Å². The van der Waals surface area contributed by atoms with Crippen LogP contribution in [0.5, 0.6) is 0 Å². The highest BCUT2D eigenvalue weighted by Crippen LogP contribution is 2.03. The summed E-state index contributed by atoms with van der Waals surface area (Å²) in [6.07, 6.45) is 1.47. The Balaban J connectivity index is 2.49. The molecule has 0 aliphatic heterocycles. The van der Waals surface area contributed by atoms with Gasteiger partial charge in [-0.05, 0) is 5.56 Å². The van der Waals surface area contributed by atoms with Gasteiger partial charge in [0.2, 0.25) is 12.3 Å². The maximum atomic E-state index is 11.8. The van der Waals surface area contributed by atoms with Gasteiger partial charge in [0.15, 0.2) is 0 Å². The molecule has 0 aliphatic carbocycles. The molecule has 0 aromatic heterocycles. The first-order valence-corrected chi connectivity index (χ1v) is 5.80. The van der Waals surface area contributed by atoms with Crippen LogP contribution in [0.1, 0.15) is 5.56 Å². The Morgan fingerprint density at radius 1 is 1.26 bits per heavy atom. The monoisotopic (exact) mass is 264 g/mol. The van der Waals surface area contributed by atoms with E-state index >= 15 is 0 Å². The molecule has 2 amide bonds. The molecule has 0 bridgehead atoms. The number of aldehydes is 1. The first-order chi connectivity index (χ1) is 9.27. The van der Waals surface area contributed by atoms with Gasteiger partial charge in [0, 0.05) is 6.42 Å². The Morgan fingerprint density at radius 2 is 2.00 bits per heavy atom. The highest BCUT2D eigenvalue weighted by molar-refractivity contribution is 5.83. The molecule has 0 saturated carbocycles. The average molecular weight is 264 g/mol. The van der Waals surface area contributed by atoms with Crippen LogP contribution in [0.4, 0.5) is 0 Å². The number of hydrogen-bond acceptors (Lipinski definition) is 4. The highest BCUT2D eigenvalue weighted by atomic mass is 16.5. The van der Waals surface area contributed by atoms with Gasteiger partial charge in [0.25, 0.3) is 0 Å². The Kier molecular flexibility index (Phi) is 6.89. The van der Waals surface area contributed by atoms with Crippen molar-refractivity contribution in [1.82, 2.24) is 10.6 Å². The van der Waals surface area contributed by atoms with Crippen molar-refractivity contribution in [3.05, 3.63) is 35.9 Å². The molecule has 0 heterocycles. The number of carbonyl (C=O) groups is 3. The van der Waals surface area contributed by atoms with Crippen LogP contribution in [-0.2, 0) is 25.5 Å². The molecule has 0 fully saturated rings. The number of benzene rings is 1. The largest absolute Gasteiger partial charge is 0.354 e. The van der Waals surface area contributed by atoms with Crippen molar-refractivity contribution >= 4 is 18.6 Å². The van der Waals surface area contributed by atoms with E-state index in [2.05, 4.69) is 10.6 Å². The van der Waals surface area contributed by atoms with Crippen LogP contribution in [-0.4, -0.2) is 38.0 Å². The standard InChI is InChI=1S/C13H16N2O4/c16-6-7-19-10-15-13(18)12(14-9-17)8-11-4-2-1-3-5-11/h1-6,9,12H,7-8,10H2,(H,14,17)(H,15,18). The summed E-state index contributed by atoms with van der Waals surface area (Å²) in [5, 5.41) is 4.94. The van der Waals surface area contributed by atoms with Crippen molar-refractivity contribution in [2.75, 3.05) is 13.3 Å². The molecular weight excluding hydrogens is 248 g/mol. The third-order valence-corrected chi connectivity index (χ3v) is 2.40. The van der Waals surface area contributed by atoms with Crippen molar-refractivity contribution in [2.24, 2.45) is 0 Å². The van der Waals surface area contributed by atoms with Crippen LogP contribution in [0.25, 0.3) is 0 Å². The van der Waals surface area contributed by atoms with E-state index in [0.717, 1.165) is 5.56 Å². The van der Waals surface area contributed by atoms with Crippen LogP contribution < -0.4 is 10.6 Å². The number of amides is 2. The summed E-state index contributed by atoms with van der Waals surface area (Å²) in [6, 6.07) is 8.67. The van der Waals surface area contributed by atoms with Gasteiger partial charge in [-0.3, -0.25) is 9.59 Å². The molecule has 1 aromatic carbocycles. The lowest BCUT2D eigenvalue weighted by molar-refractivity contribution is -0.127. The summed E-state index contributed by atoms with van der Waals surface area (Å²) in [7, 11) is 0.